The predicted molar refractivity (Wildman–Crippen MR) is 130 cm³/mol. The molecule has 1 saturated heterocycles. The van der Waals surface area contributed by atoms with Crippen LogP contribution in [0.4, 0.5) is 0 Å². The maximum Gasteiger partial charge on any atom is 0.279 e. The van der Waals surface area contributed by atoms with Crippen LogP contribution in [0.15, 0.2) is 24.3 Å². The van der Waals surface area contributed by atoms with E-state index in [4.69, 9.17) is 0 Å². The summed E-state index contributed by atoms with van der Waals surface area (Å²) in [5.41, 5.74) is 1.53. The molecule has 3 unspecified atom stereocenters. The summed E-state index contributed by atoms with van der Waals surface area (Å²) in [5.74, 6) is 1.32. The highest BCUT2D eigenvalue weighted by Gasteiger charge is 2.59. The van der Waals surface area contributed by atoms with Gasteiger partial charge in [-0.15, -0.1) is 0 Å². The molecule has 2 bridgehead atoms. The molecule has 6 heteroatoms. The van der Waals surface area contributed by atoms with E-state index in [9.17, 15) is 15.0 Å². The van der Waals surface area contributed by atoms with E-state index in [1.807, 2.05) is 6.07 Å². The summed E-state index contributed by atoms with van der Waals surface area (Å²) < 4.78 is 1.58. The lowest BCUT2D eigenvalue weighted by Gasteiger charge is -2.62. The summed E-state index contributed by atoms with van der Waals surface area (Å²) in [6.45, 7) is 9.85. The molecule has 0 spiro atoms. The van der Waals surface area contributed by atoms with Crippen LogP contribution in [0.1, 0.15) is 46.1 Å². The number of hydrogen-bond donors (Lipinski definition) is 3. The molecule has 9 atom stereocenters. The number of hydrogen-bond acceptors (Lipinski definition) is 3. The van der Waals surface area contributed by atoms with Crippen LogP contribution in [0, 0.1) is 32.7 Å². The SMILES string of the molecule is C[C@H](O)[C@H]1C(C(=O)NC2C[C@H]3C[C@@H]([C@@H]2C)C3(C)C)[N+](C)(Cc2cccc(I)c2)C[C@@H]1O. The van der Waals surface area contributed by atoms with Gasteiger partial charge in [0.15, 0.2) is 6.04 Å². The number of likely N-dealkylation sites (N-methyl/N-ethyl adjacent to an activating group) is 1. The van der Waals surface area contributed by atoms with Gasteiger partial charge in [-0.3, -0.25) is 4.79 Å². The van der Waals surface area contributed by atoms with Crippen LogP contribution in [-0.2, 0) is 11.3 Å². The molecule has 4 aliphatic rings. The Labute approximate surface area is 200 Å². The van der Waals surface area contributed by atoms with E-state index < -0.39 is 24.2 Å². The van der Waals surface area contributed by atoms with E-state index >= 15 is 0 Å². The minimum atomic E-state index is -0.738. The van der Waals surface area contributed by atoms with Crippen LogP contribution < -0.4 is 5.32 Å². The number of carbonyl (C=O) groups excluding carboxylic acids is 1. The van der Waals surface area contributed by atoms with Gasteiger partial charge in [0, 0.05) is 15.2 Å². The Bertz CT molecular complexity index is 844. The Kier molecular flexibility index (Phi) is 6.25. The Morgan fingerprint density at radius 3 is 2.65 bits per heavy atom. The van der Waals surface area contributed by atoms with Crippen molar-refractivity contribution < 1.29 is 19.5 Å². The molecule has 1 aromatic carbocycles. The van der Waals surface area contributed by atoms with Crippen LogP contribution in [-0.4, -0.2) is 58.5 Å². The third kappa shape index (κ3) is 4.06. The number of nitrogens with one attached hydrogen (secondary N) is 1. The largest absolute Gasteiger partial charge is 0.393 e. The number of rotatable bonds is 5. The summed E-state index contributed by atoms with van der Waals surface area (Å²) in [6.07, 6.45) is 0.878. The fourth-order valence-electron chi connectivity index (χ4n) is 7.16. The maximum atomic E-state index is 13.7. The molecule has 1 amide bonds. The maximum absolute atomic E-state index is 13.7. The van der Waals surface area contributed by atoms with Crippen molar-refractivity contribution in [1.29, 1.82) is 0 Å². The summed E-state index contributed by atoms with van der Waals surface area (Å²) in [5, 5.41) is 24.8. The topological polar surface area (TPSA) is 69.6 Å². The molecule has 1 aromatic rings. The molecule has 172 valence electrons. The lowest BCUT2D eigenvalue weighted by Crippen LogP contribution is -2.64. The van der Waals surface area contributed by atoms with Crippen molar-refractivity contribution in [2.75, 3.05) is 13.6 Å². The molecule has 0 radical (unpaired) electrons. The van der Waals surface area contributed by atoms with Crippen molar-refractivity contribution in [2.24, 2.45) is 29.1 Å². The number of aliphatic hydroxyl groups excluding tert-OH is 2. The van der Waals surface area contributed by atoms with Crippen LogP contribution in [0.2, 0.25) is 0 Å². The van der Waals surface area contributed by atoms with Gasteiger partial charge in [0.25, 0.3) is 5.91 Å². The molecule has 3 saturated carbocycles. The minimum absolute atomic E-state index is 0.00784. The Morgan fingerprint density at radius 2 is 2.06 bits per heavy atom. The summed E-state index contributed by atoms with van der Waals surface area (Å²) in [4.78, 5) is 13.7. The molecule has 4 fully saturated rings. The zero-order valence-corrected chi connectivity index (χ0v) is 21.5. The van der Waals surface area contributed by atoms with Crippen LogP contribution >= 0.6 is 22.6 Å². The minimum Gasteiger partial charge on any atom is -0.393 e. The Hall–Kier alpha value is -0.700. The second-order valence-electron chi connectivity index (χ2n) is 11.4. The summed E-state index contributed by atoms with van der Waals surface area (Å²) >= 11 is 2.31. The number of aliphatic hydroxyl groups is 2. The van der Waals surface area contributed by atoms with Crippen molar-refractivity contribution in [1.82, 2.24) is 5.32 Å². The lowest BCUT2D eigenvalue weighted by atomic mass is 9.45. The second-order valence-corrected chi connectivity index (χ2v) is 12.6. The van der Waals surface area contributed by atoms with Gasteiger partial charge in [-0.2, -0.15) is 0 Å². The third-order valence-corrected chi connectivity index (χ3v) is 9.70. The average molecular weight is 541 g/mol. The van der Waals surface area contributed by atoms with E-state index in [1.165, 1.54) is 6.42 Å². The first-order valence-electron chi connectivity index (χ1n) is 11.7. The number of benzene rings is 1. The molecule has 3 aliphatic carbocycles. The van der Waals surface area contributed by atoms with E-state index in [2.05, 4.69) is 73.9 Å². The van der Waals surface area contributed by atoms with Gasteiger partial charge in [0.1, 0.15) is 19.2 Å². The number of amides is 1. The third-order valence-electron chi connectivity index (χ3n) is 9.02. The molecule has 5 rings (SSSR count). The van der Waals surface area contributed by atoms with Crippen molar-refractivity contribution in [3.8, 4) is 0 Å². The number of likely N-dealkylation sites (tertiary alicyclic amines) is 1. The first-order chi connectivity index (χ1) is 14.4. The molecule has 31 heavy (non-hydrogen) atoms. The van der Waals surface area contributed by atoms with Gasteiger partial charge >= 0.3 is 0 Å². The van der Waals surface area contributed by atoms with Gasteiger partial charge in [-0.05, 0) is 77.7 Å². The molecule has 1 heterocycles. The number of nitrogens with zero attached hydrogens (tertiary/aromatic N) is 1. The summed E-state index contributed by atoms with van der Waals surface area (Å²) in [6, 6.07) is 8.04. The number of carbonyl (C=O) groups is 1. The quantitative estimate of drug-likeness (QED) is 0.397. The van der Waals surface area contributed by atoms with E-state index in [-0.39, 0.29) is 11.9 Å². The number of fused-ring (bicyclic) bond motifs is 2. The Morgan fingerprint density at radius 1 is 1.35 bits per heavy atom. The predicted octanol–water partition coefficient (Wildman–Crippen LogP) is 3.16. The highest BCUT2D eigenvalue weighted by molar-refractivity contribution is 14.1. The molecule has 0 aromatic heterocycles. The standard InChI is InChI=1S/C25H37IN2O3/c1-14-19-10-17(25(19,3)4)11-20(14)27-24(31)23-22(15(2)29)21(30)13-28(23,5)12-16-7-6-8-18(26)9-16/h6-9,14-15,17,19-23,29-30H,10-13H2,1-5H3/p+1/t14-,15-,17+,19-,20?,21-,22+,23?,28?/m0/s1. The van der Waals surface area contributed by atoms with Crippen LogP contribution in [0.5, 0.6) is 0 Å². The fourth-order valence-corrected chi connectivity index (χ4v) is 7.76. The van der Waals surface area contributed by atoms with Crippen molar-refractivity contribution in [3.05, 3.63) is 33.4 Å². The zero-order valence-electron chi connectivity index (χ0n) is 19.4. The number of quaternary nitrogens is 1. The van der Waals surface area contributed by atoms with Gasteiger partial charge in [0.05, 0.1) is 19.1 Å². The molecular formula is C25H38IN2O3+. The molecule has 1 aliphatic heterocycles. The first-order valence-corrected chi connectivity index (χ1v) is 12.8. The van der Waals surface area contributed by atoms with Crippen LogP contribution in [0.3, 0.4) is 0 Å². The zero-order chi connectivity index (χ0) is 22.7. The average Bonchev–Trinajstić information content (AvgIpc) is 2.92. The van der Waals surface area contributed by atoms with E-state index in [0.29, 0.717) is 40.7 Å². The second kappa shape index (κ2) is 8.26. The molecular weight excluding hydrogens is 503 g/mol. The first kappa shape index (κ1) is 23.5. The van der Waals surface area contributed by atoms with Gasteiger partial charge in [0.2, 0.25) is 0 Å². The highest BCUT2D eigenvalue weighted by atomic mass is 127. The molecule has 5 nitrogen and oxygen atoms in total. The van der Waals surface area contributed by atoms with Crippen molar-refractivity contribution in [2.45, 2.75) is 71.4 Å². The van der Waals surface area contributed by atoms with Crippen molar-refractivity contribution in [3.63, 3.8) is 0 Å². The summed E-state index contributed by atoms with van der Waals surface area (Å²) in [7, 11) is 2.06. The Balaban J connectivity index is 1.57. The smallest absolute Gasteiger partial charge is 0.279 e. The van der Waals surface area contributed by atoms with Crippen molar-refractivity contribution >= 4 is 28.5 Å². The van der Waals surface area contributed by atoms with E-state index in [1.54, 1.807) is 6.92 Å². The normalized spacial score (nSPS) is 42.0. The highest BCUT2D eigenvalue weighted by Crippen LogP contribution is 2.61. The van der Waals surface area contributed by atoms with Gasteiger partial charge in [-0.25, -0.2) is 0 Å². The number of halogens is 1. The monoisotopic (exact) mass is 541 g/mol. The fraction of sp³-hybridized carbons (Fsp3) is 0.720. The van der Waals surface area contributed by atoms with Crippen LogP contribution in [0.25, 0.3) is 0 Å². The van der Waals surface area contributed by atoms with E-state index in [0.717, 1.165) is 15.6 Å². The van der Waals surface area contributed by atoms with Gasteiger partial charge < -0.3 is 20.0 Å². The lowest BCUT2D eigenvalue weighted by molar-refractivity contribution is -0.928. The molecule has 3 N–H and O–H groups in total. The van der Waals surface area contributed by atoms with Gasteiger partial charge in [-0.1, -0.05) is 32.9 Å².